The van der Waals surface area contributed by atoms with E-state index in [0.29, 0.717) is 0 Å². The molecule has 0 aliphatic rings. The summed E-state index contributed by atoms with van der Waals surface area (Å²) in [6.07, 6.45) is -3.74. The maximum Gasteiger partial charge on any atom is 0.451 e. The van der Waals surface area contributed by atoms with E-state index < -0.39 is 24.4 Å². The second-order valence-corrected chi connectivity index (χ2v) is 2.75. The van der Waals surface area contributed by atoms with Gasteiger partial charge in [-0.25, -0.2) is 4.98 Å². The maximum absolute atomic E-state index is 12.2. The first-order chi connectivity index (χ1) is 7.43. The molecule has 1 rings (SSSR count). The highest BCUT2D eigenvalue weighted by molar-refractivity contribution is 5.81. The Kier molecular flexibility index (Phi) is 3.78. The van der Waals surface area contributed by atoms with Crippen LogP contribution in [-0.4, -0.2) is 28.9 Å². The molecule has 1 aromatic rings. The molecule has 5 nitrogen and oxygen atoms in total. The number of ether oxygens (including phenoxy) is 1. The summed E-state index contributed by atoms with van der Waals surface area (Å²) in [5.41, 5.74) is 4.99. The Morgan fingerprint density at radius 3 is 2.75 bits per heavy atom. The number of carbonyl (C=O) groups is 1. The lowest BCUT2D eigenvalue weighted by atomic mass is 10.4. The molecule has 0 radical (unpaired) electrons. The molecule has 88 valence electrons. The zero-order valence-corrected chi connectivity index (χ0v) is 7.99. The fourth-order valence-electron chi connectivity index (χ4n) is 0.772. The van der Waals surface area contributed by atoms with Gasteiger partial charge in [0.15, 0.2) is 5.78 Å². The van der Waals surface area contributed by atoms with Gasteiger partial charge in [-0.05, 0) is 0 Å². The van der Waals surface area contributed by atoms with Crippen molar-refractivity contribution in [2.45, 2.75) is 6.18 Å². The predicted octanol–water partition coefficient (Wildman–Crippen LogP) is 0.402. The molecule has 0 saturated heterocycles. The van der Waals surface area contributed by atoms with Gasteiger partial charge in [-0.15, -0.1) is 0 Å². The van der Waals surface area contributed by atoms with Crippen LogP contribution in [0.25, 0.3) is 0 Å². The number of carbonyl (C=O) groups excluding carboxylic acids is 1. The Bertz CT molecular complexity index is 381. The standard InChI is InChI=1S/C8H8F3N3O2/c9-8(10,11)7-13-2-1-6(14-7)16-4-5(15)3-12/h1-2H,3-4,12H2. The van der Waals surface area contributed by atoms with E-state index in [-0.39, 0.29) is 12.4 Å². The summed E-state index contributed by atoms with van der Waals surface area (Å²) in [4.78, 5) is 16.9. The van der Waals surface area contributed by atoms with Crippen molar-refractivity contribution in [3.8, 4) is 5.88 Å². The summed E-state index contributed by atoms with van der Waals surface area (Å²) in [6.45, 7) is -0.651. The molecule has 16 heavy (non-hydrogen) atoms. The molecule has 1 aromatic heterocycles. The number of nitrogens with zero attached hydrogens (tertiary/aromatic N) is 2. The SMILES string of the molecule is NCC(=O)COc1ccnc(C(F)(F)F)n1. The van der Waals surface area contributed by atoms with Gasteiger partial charge in [0, 0.05) is 12.3 Å². The molecule has 0 atom stereocenters. The molecule has 8 heteroatoms. The van der Waals surface area contributed by atoms with Crippen LogP contribution in [-0.2, 0) is 11.0 Å². The van der Waals surface area contributed by atoms with Crippen molar-refractivity contribution < 1.29 is 22.7 Å². The molecule has 0 fully saturated rings. The van der Waals surface area contributed by atoms with E-state index in [1.165, 1.54) is 0 Å². The Labute approximate surface area is 88.4 Å². The minimum Gasteiger partial charge on any atom is -0.470 e. The van der Waals surface area contributed by atoms with Crippen LogP contribution in [0.5, 0.6) is 5.88 Å². The normalized spacial score (nSPS) is 11.2. The molecule has 0 unspecified atom stereocenters. The van der Waals surface area contributed by atoms with Crippen molar-refractivity contribution >= 4 is 5.78 Å². The van der Waals surface area contributed by atoms with Crippen LogP contribution < -0.4 is 10.5 Å². The van der Waals surface area contributed by atoms with E-state index in [2.05, 4.69) is 9.97 Å². The topological polar surface area (TPSA) is 78.1 Å². The number of ketones is 1. The van der Waals surface area contributed by atoms with Crippen molar-refractivity contribution in [1.82, 2.24) is 9.97 Å². The van der Waals surface area contributed by atoms with Crippen LogP contribution in [0.1, 0.15) is 5.82 Å². The fourth-order valence-corrected chi connectivity index (χ4v) is 0.772. The average Bonchev–Trinajstić information content (AvgIpc) is 2.25. The van der Waals surface area contributed by atoms with Crippen LogP contribution in [0.4, 0.5) is 13.2 Å². The highest BCUT2D eigenvalue weighted by Crippen LogP contribution is 2.26. The van der Waals surface area contributed by atoms with Gasteiger partial charge in [-0.1, -0.05) is 0 Å². The zero-order chi connectivity index (χ0) is 12.2. The van der Waals surface area contributed by atoms with E-state index in [9.17, 15) is 18.0 Å². The van der Waals surface area contributed by atoms with Crippen molar-refractivity contribution in [3.63, 3.8) is 0 Å². The molecule has 0 amide bonds. The smallest absolute Gasteiger partial charge is 0.451 e. The summed E-state index contributed by atoms with van der Waals surface area (Å²) < 4.78 is 41.2. The Morgan fingerprint density at radius 2 is 2.19 bits per heavy atom. The summed E-state index contributed by atoms with van der Waals surface area (Å²) in [5, 5.41) is 0. The van der Waals surface area contributed by atoms with Crippen molar-refractivity contribution in [3.05, 3.63) is 18.1 Å². The molecular formula is C8H8F3N3O2. The number of aromatic nitrogens is 2. The number of hydrogen-bond donors (Lipinski definition) is 1. The Balaban J connectivity index is 2.72. The van der Waals surface area contributed by atoms with Crippen LogP contribution in [0.15, 0.2) is 12.3 Å². The molecule has 0 aliphatic carbocycles. The lowest BCUT2D eigenvalue weighted by molar-refractivity contribution is -0.145. The van der Waals surface area contributed by atoms with Gasteiger partial charge in [-0.2, -0.15) is 18.2 Å². The van der Waals surface area contributed by atoms with Gasteiger partial charge in [0.2, 0.25) is 11.7 Å². The molecule has 0 spiro atoms. The minimum absolute atomic E-state index is 0.239. The summed E-state index contributed by atoms with van der Waals surface area (Å²) in [7, 11) is 0. The number of rotatable bonds is 4. The summed E-state index contributed by atoms with van der Waals surface area (Å²) >= 11 is 0. The Morgan fingerprint density at radius 1 is 1.50 bits per heavy atom. The van der Waals surface area contributed by atoms with E-state index in [1.807, 2.05) is 0 Å². The van der Waals surface area contributed by atoms with E-state index >= 15 is 0 Å². The van der Waals surface area contributed by atoms with E-state index in [0.717, 1.165) is 12.3 Å². The van der Waals surface area contributed by atoms with Gasteiger partial charge >= 0.3 is 6.18 Å². The number of alkyl halides is 3. The second-order valence-electron chi connectivity index (χ2n) is 2.75. The van der Waals surface area contributed by atoms with Crippen molar-refractivity contribution in [2.24, 2.45) is 5.73 Å². The van der Waals surface area contributed by atoms with E-state index in [4.69, 9.17) is 10.5 Å². The van der Waals surface area contributed by atoms with Gasteiger partial charge in [0.05, 0.1) is 6.54 Å². The van der Waals surface area contributed by atoms with Gasteiger partial charge in [-0.3, -0.25) is 4.79 Å². The number of Topliss-reactive ketones (excluding diaryl/α,β-unsaturated/α-hetero) is 1. The highest BCUT2D eigenvalue weighted by atomic mass is 19.4. The van der Waals surface area contributed by atoms with Gasteiger partial charge < -0.3 is 10.5 Å². The first-order valence-electron chi connectivity index (χ1n) is 4.18. The Hall–Kier alpha value is -1.70. The number of halogens is 3. The third-order valence-corrected chi connectivity index (χ3v) is 1.49. The molecule has 0 aromatic carbocycles. The third kappa shape index (κ3) is 3.46. The molecule has 0 bridgehead atoms. The average molecular weight is 235 g/mol. The molecule has 0 aliphatic heterocycles. The second kappa shape index (κ2) is 4.88. The zero-order valence-electron chi connectivity index (χ0n) is 7.99. The predicted molar refractivity (Wildman–Crippen MR) is 46.6 cm³/mol. The number of hydrogen-bond acceptors (Lipinski definition) is 5. The van der Waals surface area contributed by atoms with Crippen LogP contribution in [0.2, 0.25) is 0 Å². The maximum atomic E-state index is 12.2. The van der Waals surface area contributed by atoms with Crippen molar-refractivity contribution in [2.75, 3.05) is 13.2 Å². The first kappa shape index (κ1) is 12.4. The van der Waals surface area contributed by atoms with Gasteiger partial charge in [0.25, 0.3) is 0 Å². The van der Waals surface area contributed by atoms with Gasteiger partial charge in [0.1, 0.15) is 6.61 Å². The third-order valence-electron chi connectivity index (χ3n) is 1.49. The lowest BCUT2D eigenvalue weighted by Crippen LogP contribution is -2.21. The monoisotopic (exact) mass is 235 g/mol. The quantitative estimate of drug-likeness (QED) is 0.817. The number of nitrogens with two attached hydrogens (primary N) is 1. The van der Waals surface area contributed by atoms with Crippen LogP contribution in [0, 0.1) is 0 Å². The summed E-state index contributed by atoms with van der Waals surface area (Å²) in [6, 6.07) is 1.12. The highest BCUT2D eigenvalue weighted by Gasteiger charge is 2.34. The molecule has 2 N–H and O–H groups in total. The molecule has 1 heterocycles. The summed E-state index contributed by atoms with van der Waals surface area (Å²) in [5.74, 6) is -2.07. The van der Waals surface area contributed by atoms with Crippen molar-refractivity contribution in [1.29, 1.82) is 0 Å². The fraction of sp³-hybridized carbons (Fsp3) is 0.375. The lowest BCUT2D eigenvalue weighted by Gasteiger charge is -2.07. The minimum atomic E-state index is -4.64. The largest absolute Gasteiger partial charge is 0.470 e. The van der Waals surface area contributed by atoms with Crippen LogP contribution in [0.3, 0.4) is 0 Å². The van der Waals surface area contributed by atoms with Crippen LogP contribution >= 0.6 is 0 Å². The molecule has 0 saturated carbocycles. The first-order valence-corrected chi connectivity index (χ1v) is 4.18. The molecular weight excluding hydrogens is 227 g/mol. The van der Waals surface area contributed by atoms with E-state index in [1.54, 1.807) is 0 Å².